The SMILES string of the molecule is Cc1ccc(CNC(=O)NCC(F)(F)F)cc1F. The van der Waals surface area contributed by atoms with E-state index in [1.807, 2.05) is 0 Å². The molecule has 0 bridgehead atoms. The van der Waals surface area contributed by atoms with Crippen molar-refractivity contribution < 1.29 is 22.4 Å². The van der Waals surface area contributed by atoms with Crippen LogP contribution in [-0.2, 0) is 6.54 Å². The molecule has 0 atom stereocenters. The molecule has 0 saturated heterocycles. The highest BCUT2D eigenvalue weighted by Crippen LogP contribution is 2.12. The summed E-state index contributed by atoms with van der Waals surface area (Å²) in [6.45, 7) is 0.143. The predicted molar refractivity (Wildman–Crippen MR) is 57.4 cm³/mol. The van der Waals surface area contributed by atoms with Crippen molar-refractivity contribution in [3.63, 3.8) is 0 Å². The van der Waals surface area contributed by atoms with Crippen molar-refractivity contribution in [2.24, 2.45) is 0 Å². The van der Waals surface area contributed by atoms with Gasteiger partial charge in [0.1, 0.15) is 12.4 Å². The summed E-state index contributed by atoms with van der Waals surface area (Å²) in [7, 11) is 0. The Morgan fingerprint density at radius 3 is 2.50 bits per heavy atom. The molecule has 0 spiro atoms. The van der Waals surface area contributed by atoms with Crippen LogP contribution >= 0.6 is 0 Å². The molecule has 0 aliphatic heterocycles. The molecular formula is C11H12F4N2O. The number of aryl methyl sites for hydroxylation is 1. The van der Waals surface area contributed by atoms with Crippen molar-refractivity contribution >= 4 is 6.03 Å². The largest absolute Gasteiger partial charge is 0.405 e. The van der Waals surface area contributed by atoms with Crippen LogP contribution in [0.25, 0.3) is 0 Å². The lowest BCUT2D eigenvalue weighted by Gasteiger charge is -2.10. The normalized spacial score (nSPS) is 11.2. The quantitative estimate of drug-likeness (QED) is 0.809. The average molecular weight is 264 g/mol. The third-order valence-corrected chi connectivity index (χ3v) is 2.14. The zero-order valence-electron chi connectivity index (χ0n) is 9.57. The number of carbonyl (C=O) groups excluding carboxylic acids is 1. The smallest absolute Gasteiger partial charge is 0.334 e. The van der Waals surface area contributed by atoms with Gasteiger partial charge in [0.15, 0.2) is 0 Å². The van der Waals surface area contributed by atoms with Crippen LogP contribution in [0.1, 0.15) is 11.1 Å². The maximum Gasteiger partial charge on any atom is 0.405 e. The summed E-state index contributed by atoms with van der Waals surface area (Å²) >= 11 is 0. The van der Waals surface area contributed by atoms with Gasteiger partial charge in [-0.15, -0.1) is 0 Å². The highest BCUT2D eigenvalue weighted by Gasteiger charge is 2.27. The van der Waals surface area contributed by atoms with E-state index >= 15 is 0 Å². The maximum atomic E-state index is 13.1. The second-order valence-electron chi connectivity index (χ2n) is 3.73. The van der Waals surface area contributed by atoms with Gasteiger partial charge in [-0.1, -0.05) is 12.1 Å². The van der Waals surface area contributed by atoms with Gasteiger partial charge in [-0.05, 0) is 24.1 Å². The Balaban J connectivity index is 2.40. The van der Waals surface area contributed by atoms with Crippen molar-refractivity contribution in [3.05, 3.63) is 35.1 Å². The summed E-state index contributed by atoms with van der Waals surface area (Å²) in [6.07, 6.45) is -4.45. The molecular weight excluding hydrogens is 252 g/mol. The molecule has 1 rings (SSSR count). The topological polar surface area (TPSA) is 41.1 Å². The molecule has 0 unspecified atom stereocenters. The molecule has 2 amide bonds. The van der Waals surface area contributed by atoms with Crippen LogP contribution in [0.3, 0.4) is 0 Å². The minimum Gasteiger partial charge on any atom is -0.334 e. The number of rotatable bonds is 3. The first-order valence-electron chi connectivity index (χ1n) is 5.11. The Hall–Kier alpha value is -1.79. The molecule has 0 radical (unpaired) electrons. The van der Waals surface area contributed by atoms with Crippen LogP contribution in [-0.4, -0.2) is 18.8 Å². The van der Waals surface area contributed by atoms with Gasteiger partial charge in [0.25, 0.3) is 0 Å². The summed E-state index contributed by atoms with van der Waals surface area (Å²) in [6, 6.07) is 3.38. The van der Waals surface area contributed by atoms with Crippen molar-refractivity contribution in [3.8, 4) is 0 Å². The standard InChI is InChI=1S/C11H12F4N2O/c1-7-2-3-8(4-9(7)12)5-16-10(18)17-6-11(13,14)15/h2-4H,5-6H2,1H3,(H2,16,17,18). The van der Waals surface area contributed by atoms with Crippen LogP contribution in [0.4, 0.5) is 22.4 Å². The van der Waals surface area contributed by atoms with E-state index in [0.717, 1.165) is 0 Å². The van der Waals surface area contributed by atoms with Gasteiger partial charge >= 0.3 is 12.2 Å². The molecule has 0 aromatic heterocycles. The van der Waals surface area contributed by atoms with E-state index in [4.69, 9.17) is 0 Å². The lowest BCUT2D eigenvalue weighted by atomic mass is 10.1. The third kappa shape index (κ3) is 5.03. The molecule has 0 fully saturated rings. The Morgan fingerprint density at radius 2 is 1.94 bits per heavy atom. The van der Waals surface area contributed by atoms with Crippen molar-refractivity contribution in [1.29, 1.82) is 0 Å². The molecule has 3 nitrogen and oxygen atoms in total. The minimum atomic E-state index is -4.45. The number of alkyl halides is 3. The summed E-state index contributed by atoms with van der Waals surface area (Å²) in [5.74, 6) is -0.426. The number of hydrogen-bond acceptors (Lipinski definition) is 1. The highest BCUT2D eigenvalue weighted by atomic mass is 19.4. The minimum absolute atomic E-state index is 0.0408. The van der Waals surface area contributed by atoms with E-state index in [2.05, 4.69) is 5.32 Å². The van der Waals surface area contributed by atoms with E-state index in [1.165, 1.54) is 12.1 Å². The van der Waals surface area contributed by atoms with Gasteiger partial charge in [0, 0.05) is 6.54 Å². The molecule has 7 heteroatoms. The zero-order valence-corrected chi connectivity index (χ0v) is 9.57. The van der Waals surface area contributed by atoms with Crippen LogP contribution in [0, 0.1) is 12.7 Å². The molecule has 0 heterocycles. The Bertz CT molecular complexity index is 432. The number of carbonyl (C=O) groups is 1. The van der Waals surface area contributed by atoms with Crippen molar-refractivity contribution in [2.75, 3.05) is 6.54 Å². The number of benzene rings is 1. The molecule has 0 aliphatic rings. The fourth-order valence-corrected chi connectivity index (χ4v) is 1.17. The molecule has 2 N–H and O–H groups in total. The summed E-state index contributed by atoms with van der Waals surface area (Å²) in [5, 5.41) is 3.85. The van der Waals surface area contributed by atoms with E-state index in [9.17, 15) is 22.4 Å². The van der Waals surface area contributed by atoms with E-state index < -0.39 is 24.6 Å². The lowest BCUT2D eigenvalue weighted by molar-refractivity contribution is -0.122. The first kappa shape index (κ1) is 14.3. The van der Waals surface area contributed by atoms with Gasteiger partial charge < -0.3 is 10.6 Å². The van der Waals surface area contributed by atoms with Crippen LogP contribution < -0.4 is 10.6 Å². The van der Waals surface area contributed by atoms with E-state index in [1.54, 1.807) is 18.3 Å². The predicted octanol–water partition coefficient (Wildman–Crippen LogP) is 2.50. The number of halogens is 4. The highest BCUT2D eigenvalue weighted by molar-refractivity contribution is 5.73. The first-order chi connectivity index (χ1) is 8.28. The van der Waals surface area contributed by atoms with Gasteiger partial charge in [0.05, 0.1) is 0 Å². The van der Waals surface area contributed by atoms with Crippen molar-refractivity contribution in [2.45, 2.75) is 19.6 Å². The summed E-state index contributed by atoms with van der Waals surface area (Å²) < 4.78 is 48.5. The number of urea groups is 1. The van der Waals surface area contributed by atoms with E-state index in [0.29, 0.717) is 11.1 Å². The number of amides is 2. The first-order valence-corrected chi connectivity index (χ1v) is 5.11. The molecule has 1 aromatic carbocycles. The fraction of sp³-hybridized carbons (Fsp3) is 0.364. The molecule has 1 aromatic rings. The molecule has 18 heavy (non-hydrogen) atoms. The number of hydrogen-bond donors (Lipinski definition) is 2. The second-order valence-corrected chi connectivity index (χ2v) is 3.73. The van der Waals surface area contributed by atoms with Crippen molar-refractivity contribution in [1.82, 2.24) is 10.6 Å². The van der Waals surface area contributed by atoms with E-state index in [-0.39, 0.29) is 6.54 Å². The Labute approximate surface area is 101 Å². The Kier molecular flexibility index (Phi) is 4.52. The maximum absolute atomic E-state index is 13.1. The fourth-order valence-electron chi connectivity index (χ4n) is 1.17. The molecule has 100 valence electrons. The van der Waals surface area contributed by atoms with Gasteiger partial charge in [-0.25, -0.2) is 9.18 Å². The summed E-state index contributed by atoms with van der Waals surface area (Å²) in [5.41, 5.74) is 0.931. The summed E-state index contributed by atoms with van der Waals surface area (Å²) in [4.78, 5) is 11.0. The van der Waals surface area contributed by atoms with Crippen LogP contribution in [0.5, 0.6) is 0 Å². The molecule has 0 aliphatic carbocycles. The molecule has 0 saturated carbocycles. The van der Waals surface area contributed by atoms with Crippen LogP contribution in [0.15, 0.2) is 18.2 Å². The second kappa shape index (κ2) is 5.70. The van der Waals surface area contributed by atoms with Crippen LogP contribution in [0.2, 0.25) is 0 Å². The monoisotopic (exact) mass is 264 g/mol. The average Bonchev–Trinajstić information content (AvgIpc) is 2.27. The lowest BCUT2D eigenvalue weighted by Crippen LogP contribution is -2.40. The van der Waals surface area contributed by atoms with Gasteiger partial charge in [-0.3, -0.25) is 0 Å². The van der Waals surface area contributed by atoms with Gasteiger partial charge in [-0.2, -0.15) is 13.2 Å². The third-order valence-electron chi connectivity index (χ3n) is 2.14. The van der Waals surface area contributed by atoms with Gasteiger partial charge in [0.2, 0.25) is 0 Å². The zero-order chi connectivity index (χ0) is 13.8. The number of nitrogens with one attached hydrogen (secondary N) is 2. The Morgan fingerprint density at radius 1 is 1.28 bits per heavy atom.